The minimum atomic E-state index is -0.852. The summed E-state index contributed by atoms with van der Waals surface area (Å²) in [6.45, 7) is 3.42. The van der Waals surface area contributed by atoms with E-state index in [1.165, 1.54) is 0 Å². The van der Waals surface area contributed by atoms with E-state index in [4.69, 9.17) is 4.74 Å². The van der Waals surface area contributed by atoms with E-state index in [1.807, 2.05) is 11.8 Å². The van der Waals surface area contributed by atoms with Crippen LogP contribution in [-0.4, -0.2) is 66.2 Å². The Hall–Kier alpha value is -1.40. The van der Waals surface area contributed by atoms with Crippen molar-refractivity contribution in [3.63, 3.8) is 0 Å². The van der Waals surface area contributed by atoms with Crippen molar-refractivity contribution >= 4 is 11.9 Å². The maximum absolute atomic E-state index is 12.4. The van der Waals surface area contributed by atoms with Crippen LogP contribution in [0.5, 0.6) is 0 Å². The predicted molar refractivity (Wildman–Crippen MR) is 77.7 cm³/mol. The molecule has 2 unspecified atom stereocenters. The standard InChI is InChI=1S/C15H24N2O4/c1-3-17(13-10-21-9-12(13)15(19)20)8-14(18)16(2)11-6-4-5-7-11/h6,12-13H,3-5,7-10H2,1-2H3,(H,19,20). The smallest absolute Gasteiger partial charge is 0.310 e. The van der Waals surface area contributed by atoms with Gasteiger partial charge in [-0.05, 0) is 25.8 Å². The van der Waals surface area contributed by atoms with E-state index in [2.05, 4.69) is 6.08 Å². The minimum Gasteiger partial charge on any atom is -0.481 e. The number of aliphatic carboxylic acids is 1. The highest BCUT2D eigenvalue weighted by molar-refractivity contribution is 5.80. The first-order valence-electron chi connectivity index (χ1n) is 7.54. The zero-order valence-corrected chi connectivity index (χ0v) is 12.7. The zero-order valence-electron chi connectivity index (χ0n) is 12.7. The van der Waals surface area contributed by atoms with Gasteiger partial charge in [0.15, 0.2) is 0 Å². The van der Waals surface area contributed by atoms with Crippen LogP contribution < -0.4 is 0 Å². The summed E-state index contributed by atoms with van der Waals surface area (Å²) in [5.41, 5.74) is 1.08. The van der Waals surface area contributed by atoms with E-state index >= 15 is 0 Å². The summed E-state index contributed by atoms with van der Waals surface area (Å²) in [5.74, 6) is -1.38. The van der Waals surface area contributed by atoms with Crippen molar-refractivity contribution in [1.82, 2.24) is 9.80 Å². The summed E-state index contributed by atoms with van der Waals surface area (Å²) in [4.78, 5) is 27.3. The Morgan fingerprint density at radius 2 is 2.19 bits per heavy atom. The first-order valence-corrected chi connectivity index (χ1v) is 7.54. The van der Waals surface area contributed by atoms with E-state index in [9.17, 15) is 14.7 Å². The van der Waals surface area contributed by atoms with Gasteiger partial charge in [-0.15, -0.1) is 0 Å². The number of rotatable bonds is 6. The molecule has 1 fully saturated rings. The van der Waals surface area contributed by atoms with Gasteiger partial charge in [0.1, 0.15) is 0 Å². The number of carboxylic acid groups (broad SMARTS) is 1. The van der Waals surface area contributed by atoms with Gasteiger partial charge in [-0.2, -0.15) is 0 Å². The molecular formula is C15H24N2O4. The summed E-state index contributed by atoms with van der Waals surface area (Å²) in [6.07, 6.45) is 5.18. The van der Waals surface area contributed by atoms with Crippen LogP contribution in [0.1, 0.15) is 26.2 Å². The number of allylic oxidation sites excluding steroid dienone is 2. The number of likely N-dealkylation sites (N-methyl/N-ethyl adjacent to an activating group) is 2. The molecule has 0 aromatic carbocycles. The van der Waals surface area contributed by atoms with Gasteiger partial charge in [0, 0.05) is 18.8 Å². The molecule has 2 aliphatic rings. The second kappa shape index (κ2) is 7.04. The van der Waals surface area contributed by atoms with Crippen LogP contribution in [0.3, 0.4) is 0 Å². The maximum atomic E-state index is 12.4. The first-order chi connectivity index (χ1) is 10.0. The second-order valence-corrected chi connectivity index (χ2v) is 5.65. The van der Waals surface area contributed by atoms with E-state index in [-0.39, 0.29) is 25.1 Å². The minimum absolute atomic E-state index is 0.0149. The molecule has 0 radical (unpaired) electrons. The molecule has 118 valence electrons. The molecule has 0 spiro atoms. The van der Waals surface area contributed by atoms with Gasteiger partial charge >= 0.3 is 5.97 Å². The molecule has 0 aromatic heterocycles. The highest BCUT2D eigenvalue weighted by Gasteiger charge is 2.38. The fourth-order valence-corrected chi connectivity index (χ4v) is 3.00. The molecule has 21 heavy (non-hydrogen) atoms. The Bertz CT molecular complexity index is 435. The van der Waals surface area contributed by atoms with Crippen molar-refractivity contribution in [2.75, 3.05) is 33.4 Å². The molecule has 1 aliphatic carbocycles. The van der Waals surface area contributed by atoms with Crippen LogP contribution in [0, 0.1) is 5.92 Å². The maximum Gasteiger partial charge on any atom is 0.310 e. The Labute approximate surface area is 125 Å². The lowest BCUT2D eigenvalue weighted by atomic mass is 10.0. The van der Waals surface area contributed by atoms with Gasteiger partial charge in [-0.3, -0.25) is 14.5 Å². The molecule has 1 N–H and O–H groups in total. The van der Waals surface area contributed by atoms with Crippen LogP contribution in [-0.2, 0) is 14.3 Å². The Balaban J connectivity index is 1.98. The van der Waals surface area contributed by atoms with Crippen molar-refractivity contribution in [3.05, 3.63) is 11.8 Å². The SMILES string of the molecule is CCN(CC(=O)N(C)C1=CCCC1)C1COCC1C(=O)O. The van der Waals surface area contributed by atoms with E-state index < -0.39 is 11.9 Å². The number of ether oxygens (including phenoxy) is 1. The molecule has 6 nitrogen and oxygen atoms in total. The van der Waals surface area contributed by atoms with Crippen molar-refractivity contribution in [2.45, 2.75) is 32.2 Å². The Kier molecular flexibility index (Phi) is 5.36. The quantitative estimate of drug-likeness (QED) is 0.790. The van der Waals surface area contributed by atoms with Gasteiger partial charge < -0.3 is 14.7 Å². The molecule has 2 atom stereocenters. The van der Waals surface area contributed by atoms with Crippen LogP contribution in [0.25, 0.3) is 0 Å². The number of nitrogens with zero attached hydrogens (tertiary/aromatic N) is 2. The molecule has 6 heteroatoms. The van der Waals surface area contributed by atoms with Gasteiger partial charge in [0.2, 0.25) is 5.91 Å². The van der Waals surface area contributed by atoms with Gasteiger partial charge in [0.25, 0.3) is 0 Å². The number of amides is 1. The number of carboxylic acids is 1. The second-order valence-electron chi connectivity index (χ2n) is 5.65. The lowest BCUT2D eigenvalue weighted by molar-refractivity contribution is -0.144. The molecule has 2 rings (SSSR count). The normalized spacial score (nSPS) is 25.2. The zero-order chi connectivity index (χ0) is 15.4. The fourth-order valence-electron chi connectivity index (χ4n) is 3.00. The van der Waals surface area contributed by atoms with Gasteiger partial charge in [0.05, 0.1) is 25.7 Å². The van der Waals surface area contributed by atoms with Crippen molar-refractivity contribution in [3.8, 4) is 0 Å². The van der Waals surface area contributed by atoms with E-state index in [0.29, 0.717) is 13.2 Å². The molecule has 0 aromatic rings. The Morgan fingerprint density at radius 3 is 2.76 bits per heavy atom. The van der Waals surface area contributed by atoms with E-state index in [0.717, 1.165) is 25.0 Å². The van der Waals surface area contributed by atoms with Crippen molar-refractivity contribution in [2.24, 2.45) is 5.92 Å². The fraction of sp³-hybridized carbons (Fsp3) is 0.733. The average Bonchev–Trinajstić information content (AvgIpc) is 3.13. The summed E-state index contributed by atoms with van der Waals surface area (Å²) >= 11 is 0. The van der Waals surface area contributed by atoms with Crippen LogP contribution in [0.4, 0.5) is 0 Å². The third-order valence-corrected chi connectivity index (χ3v) is 4.40. The molecule has 0 saturated carbocycles. The van der Waals surface area contributed by atoms with Gasteiger partial charge in [-0.1, -0.05) is 13.0 Å². The third-order valence-electron chi connectivity index (χ3n) is 4.40. The van der Waals surface area contributed by atoms with Crippen molar-refractivity contribution in [1.29, 1.82) is 0 Å². The largest absolute Gasteiger partial charge is 0.481 e. The molecule has 1 heterocycles. The molecule has 1 saturated heterocycles. The molecular weight excluding hydrogens is 272 g/mol. The highest BCUT2D eigenvalue weighted by Crippen LogP contribution is 2.22. The summed E-state index contributed by atoms with van der Waals surface area (Å²) in [6, 6.07) is -0.220. The molecule has 1 aliphatic heterocycles. The lowest BCUT2D eigenvalue weighted by Crippen LogP contribution is -2.47. The van der Waals surface area contributed by atoms with Gasteiger partial charge in [-0.25, -0.2) is 0 Å². The monoisotopic (exact) mass is 296 g/mol. The summed E-state index contributed by atoms with van der Waals surface area (Å²) in [5, 5.41) is 9.23. The van der Waals surface area contributed by atoms with Crippen LogP contribution in [0.2, 0.25) is 0 Å². The average molecular weight is 296 g/mol. The van der Waals surface area contributed by atoms with Crippen LogP contribution >= 0.6 is 0 Å². The van der Waals surface area contributed by atoms with E-state index in [1.54, 1.807) is 11.9 Å². The summed E-state index contributed by atoms with van der Waals surface area (Å²) < 4.78 is 5.30. The van der Waals surface area contributed by atoms with Crippen LogP contribution in [0.15, 0.2) is 11.8 Å². The number of hydrogen-bond acceptors (Lipinski definition) is 4. The molecule has 0 bridgehead atoms. The lowest BCUT2D eigenvalue weighted by Gasteiger charge is -2.30. The molecule has 1 amide bonds. The number of hydrogen-bond donors (Lipinski definition) is 1. The Morgan fingerprint density at radius 1 is 1.43 bits per heavy atom. The summed E-state index contributed by atoms with van der Waals surface area (Å²) in [7, 11) is 1.80. The first kappa shape index (κ1) is 16.0. The van der Waals surface area contributed by atoms with Crippen molar-refractivity contribution < 1.29 is 19.4 Å². The topological polar surface area (TPSA) is 70.1 Å². The number of carbonyl (C=O) groups is 2. The highest BCUT2D eigenvalue weighted by atomic mass is 16.5. The number of carbonyl (C=O) groups excluding carboxylic acids is 1. The third kappa shape index (κ3) is 3.63. The predicted octanol–water partition coefficient (Wildman–Crippen LogP) is 0.934.